The highest BCUT2D eigenvalue weighted by molar-refractivity contribution is 5.33. The number of hydrogen-bond acceptors (Lipinski definition) is 3. The van der Waals surface area contributed by atoms with Gasteiger partial charge in [-0.05, 0) is 31.5 Å². The Balaban J connectivity index is 1.88. The second-order valence-electron chi connectivity index (χ2n) is 4.45. The lowest BCUT2D eigenvalue weighted by atomic mass is 9.95. The minimum absolute atomic E-state index is 0.548. The molecule has 2 aromatic heterocycles. The lowest BCUT2D eigenvalue weighted by Crippen LogP contribution is -2.28. The van der Waals surface area contributed by atoms with E-state index in [4.69, 9.17) is 0 Å². The topological polar surface area (TPSA) is 42.7 Å². The van der Waals surface area contributed by atoms with Crippen molar-refractivity contribution in [2.24, 2.45) is 0 Å². The van der Waals surface area contributed by atoms with Crippen LogP contribution in [0, 0.1) is 0 Å². The third-order valence-corrected chi connectivity index (χ3v) is 3.28. The molecule has 0 amide bonds. The van der Waals surface area contributed by atoms with E-state index in [-0.39, 0.29) is 0 Å². The molecule has 0 aromatic carbocycles. The van der Waals surface area contributed by atoms with E-state index in [9.17, 15) is 0 Å². The molecule has 0 aliphatic carbocycles. The van der Waals surface area contributed by atoms with Crippen LogP contribution in [-0.2, 0) is 0 Å². The van der Waals surface area contributed by atoms with Crippen LogP contribution in [0.25, 0.3) is 5.69 Å². The molecule has 1 saturated heterocycles. The van der Waals surface area contributed by atoms with Crippen molar-refractivity contribution in [2.75, 3.05) is 13.1 Å². The van der Waals surface area contributed by atoms with Crippen molar-refractivity contribution in [1.29, 1.82) is 0 Å². The van der Waals surface area contributed by atoms with Crippen molar-refractivity contribution in [1.82, 2.24) is 19.9 Å². The normalized spacial score (nSPS) is 20.4. The Morgan fingerprint density at radius 1 is 1.35 bits per heavy atom. The molecular weight excluding hydrogens is 212 g/mol. The van der Waals surface area contributed by atoms with Gasteiger partial charge in [0.15, 0.2) is 0 Å². The Morgan fingerprint density at radius 2 is 2.35 bits per heavy atom. The van der Waals surface area contributed by atoms with E-state index in [2.05, 4.69) is 21.4 Å². The summed E-state index contributed by atoms with van der Waals surface area (Å²) in [6.07, 6.45) is 9.92. The van der Waals surface area contributed by atoms with Gasteiger partial charge in [-0.1, -0.05) is 0 Å². The van der Waals surface area contributed by atoms with Crippen molar-refractivity contribution in [3.8, 4) is 5.69 Å². The number of nitrogens with one attached hydrogen (secondary N) is 1. The molecule has 0 saturated carbocycles. The molecule has 4 nitrogen and oxygen atoms in total. The van der Waals surface area contributed by atoms with Crippen molar-refractivity contribution < 1.29 is 0 Å². The third-order valence-electron chi connectivity index (χ3n) is 3.28. The molecule has 4 heteroatoms. The Kier molecular flexibility index (Phi) is 2.88. The van der Waals surface area contributed by atoms with Gasteiger partial charge in [0.2, 0.25) is 0 Å². The molecule has 1 aliphatic heterocycles. The van der Waals surface area contributed by atoms with E-state index < -0.39 is 0 Å². The summed E-state index contributed by atoms with van der Waals surface area (Å²) in [5.41, 5.74) is 2.32. The minimum Gasteiger partial charge on any atom is -0.316 e. The molecule has 1 fully saturated rings. The molecule has 3 heterocycles. The largest absolute Gasteiger partial charge is 0.316 e. The summed E-state index contributed by atoms with van der Waals surface area (Å²) in [6, 6.07) is 4.18. The molecule has 0 bridgehead atoms. The van der Waals surface area contributed by atoms with E-state index in [0.717, 1.165) is 18.8 Å². The number of hydrogen-bond donors (Lipinski definition) is 1. The molecule has 1 aliphatic rings. The van der Waals surface area contributed by atoms with Crippen LogP contribution in [-0.4, -0.2) is 27.6 Å². The van der Waals surface area contributed by atoms with Crippen LogP contribution < -0.4 is 5.32 Å². The molecule has 0 spiro atoms. The Morgan fingerprint density at radius 3 is 3.12 bits per heavy atom. The maximum Gasteiger partial charge on any atom is 0.0991 e. The molecule has 88 valence electrons. The molecule has 1 atom stereocenters. The summed E-state index contributed by atoms with van der Waals surface area (Å²) in [5, 5.41) is 3.43. The average molecular weight is 228 g/mol. The molecule has 2 aromatic rings. The first kappa shape index (κ1) is 10.5. The third kappa shape index (κ3) is 2.22. The number of piperidine rings is 1. The van der Waals surface area contributed by atoms with Gasteiger partial charge in [-0.2, -0.15) is 0 Å². The lowest BCUT2D eigenvalue weighted by molar-refractivity contribution is 0.454. The van der Waals surface area contributed by atoms with Gasteiger partial charge in [0.25, 0.3) is 0 Å². The van der Waals surface area contributed by atoms with Crippen molar-refractivity contribution in [2.45, 2.75) is 18.8 Å². The zero-order valence-corrected chi connectivity index (χ0v) is 9.71. The highest BCUT2D eigenvalue weighted by atomic mass is 15.0. The minimum atomic E-state index is 0.548. The molecule has 17 heavy (non-hydrogen) atoms. The van der Waals surface area contributed by atoms with Gasteiger partial charge < -0.3 is 9.88 Å². The van der Waals surface area contributed by atoms with Crippen LogP contribution in [0.5, 0.6) is 0 Å². The van der Waals surface area contributed by atoms with E-state index in [1.54, 1.807) is 6.20 Å². The van der Waals surface area contributed by atoms with Crippen molar-refractivity contribution >= 4 is 0 Å². The van der Waals surface area contributed by atoms with Gasteiger partial charge in [-0.3, -0.25) is 4.98 Å². The Bertz CT molecular complexity index is 472. The van der Waals surface area contributed by atoms with Gasteiger partial charge >= 0.3 is 0 Å². The SMILES string of the molecule is c1cn(-c2ccnc([C@@H]3CCCNC3)c2)cn1. The summed E-state index contributed by atoms with van der Waals surface area (Å²) in [6.45, 7) is 2.18. The molecule has 3 rings (SSSR count). The van der Waals surface area contributed by atoms with Gasteiger partial charge in [0, 0.05) is 42.4 Å². The standard InChI is InChI=1S/C13H16N4/c1-2-11(9-14-4-1)13-8-12(3-5-16-13)17-7-6-15-10-17/h3,5-8,10-11,14H,1-2,4,9H2/t11-/m1/s1. The molecule has 0 radical (unpaired) electrons. The van der Waals surface area contributed by atoms with E-state index >= 15 is 0 Å². The number of aromatic nitrogens is 3. The maximum atomic E-state index is 4.50. The van der Waals surface area contributed by atoms with E-state index in [1.807, 2.05) is 29.4 Å². The fourth-order valence-electron chi connectivity index (χ4n) is 2.34. The second kappa shape index (κ2) is 4.67. The van der Waals surface area contributed by atoms with Crippen LogP contribution in [0.1, 0.15) is 24.5 Å². The number of imidazole rings is 1. The first-order chi connectivity index (χ1) is 8.43. The smallest absolute Gasteiger partial charge is 0.0991 e. The molecule has 1 N–H and O–H groups in total. The predicted molar refractivity (Wildman–Crippen MR) is 66.2 cm³/mol. The first-order valence-electron chi connectivity index (χ1n) is 6.08. The van der Waals surface area contributed by atoms with Crippen molar-refractivity contribution in [3.05, 3.63) is 42.7 Å². The van der Waals surface area contributed by atoms with Gasteiger partial charge in [0.1, 0.15) is 0 Å². The summed E-state index contributed by atoms with van der Waals surface area (Å²) in [5.74, 6) is 0.548. The fourth-order valence-corrected chi connectivity index (χ4v) is 2.34. The first-order valence-corrected chi connectivity index (χ1v) is 6.08. The van der Waals surface area contributed by atoms with Crippen LogP contribution in [0.15, 0.2) is 37.1 Å². The average Bonchev–Trinajstić information content (AvgIpc) is 2.94. The lowest BCUT2D eigenvalue weighted by Gasteiger charge is -2.22. The number of nitrogens with zero attached hydrogens (tertiary/aromatic N) is 3. The highest BCUT2D eigenvalue weighted by Gasteiger charge is 2.16. The quantitative estimate of drug-likeness (QED) is 0.851. The number of pyridine rings is 1. The zero-order valence-electron chi connectivity index (χ0n) is 9.71. The Labute approximate surface area is 101 Å². The van der Waals surface area contributed by atoms with Crippen LogP contribution in [0.4, 0.5) is 0 Å². The zero-order chi connectivity index (χ0) is 11.5. The van der Waals surface area contributed by atoms with Crippen LogP contribution >= 0.6 is 0 Å². The second-order valence-corrected chi connectivity index (χ2v) is 4.45. The molecular formula is C13H16N4. The fraction of sp³-hybridized carbons (Fsp3) is 0.385. The maximum absolute atomic E-state index is 4.50. The summed E-state index contributed by atoms with van der Waals surface area (Å²) in [7, 11) is 0. The van der Waals surface area contributed by atoms with Gasteiger partial charge in [0.05, 0.1) is 6.33 Å². The van der Waals surface area contributed by atoms with Gasteiger partial charge in [-0.25, -0.2) is 4.98 Å². The highest BCUT2D eigenvalue weighted by Crippen LogP contribution is 2.22. The van der Waals surface area contributed by atoms with Crippen LogP contribution in [0.2, 0.25) is 0 Å². The Hall–Kier alpha value is -1.68. The summed E-state index contributed by atoms with van der Waals surface area (Å²) < 4.78 is 2.02. The monoisotopic (exact) mass is 228 g/mol. The van der Waals surface area contributed by atoms with E-state index in [0.29, 0.717) is 5.92 Å². The van der Waals surface area contributed by atoms with Crippen molar-refractivity contribution in [3.63, 3.8) is 0 Å². The van der Waals surface area contributed by atoms with E-state index in [1.165, 1.54) is 18.5 Å². The number of rotatable bonds is 2. The summed E-state index contributed by atoms with van der Waals surface area (Å²) in [4.78, 5) is 8.57. The molecule has 0 unspecified atom stereocenters. The van der Waals surface area contributed by atoms with Gasteiger partial charge in [-0.15, -0.1) is 0 Å². The summed E-state index contributed by atoms with van der Waals surface area (Å²) >= 11 is 0. The predicted octanol–water partition coefficient (Wildman–Crippen LogP) is 1.73. The van der Waals surface area contributed by atoms with Crippen LogP contribution in [0.3, 0.4) is 0 Å².